The first-order valence-electron chi connectivity index (χ1n) is 9.40. The highest BCUT2D eigenvalue weighted by molar-refractivity contribution is 5.83. The molecule has 0 radical (unpaired) electrons. The molecule has 1 aliphatic rings. The smallest absolute Gasteiger partial charge is 0.0702 e. The summed E-state index contributed by atoms with van der Waals surface area (Å²) >= 11 is 0. The van der Waals surface area contributed by atoms with E-state index in [0.29, 0.717) is 12.1 Å². The van der Waals surface area contributed by atoms with Crippen molar-refractivity contribution >= 4 is 10.9 Å². The van der Waals surface area contributed by atoms with Crippen molar-refractivity contribution in [3.63, 3.8) is 0 Å². The monoisotopic (exact) mass is 346 g/mol. The minimum Gasteiger partial charge on any atom is -0.381 e. The zero-order valence-electron chi connectivity index (χ0n) is 15.6. The van der Waals surface area contributed by atoms with E-state index >= 15 is 0 Å². The van der Waals surface area contributed by atoms with Gasteiger partial charge in [0.05, 0.1) is 11.6 Å². The number of nitrogens with zero attached hydrogens (tertiary/aromatic N) is 2. The number of aromatic nitrogens is 1. The molecule has 134 valence electrons. The zero-order chi connectivity index (χ0) is 17.9. The fraction of sp³-hybridized carbons (Fsp3) is 0.348. The fourth-order valence-electron chi connectivity index (χ4n) is 3.98. The van der Waals surface area contributed by atoms with Gasteiger partial charge in [0.15, 0.2) is 0 Å². The first-order chi connectivity index (χ1) is 12.7. The molecule has 2 atom stereocenters. The van der Waals surface area contributed by atoms with Crippen LogP contribution >= 0.6 is 0 Å². The summed E-state index contributed by atoms with van der Waals surface area (Å²) in [6.45, 7) is 0.983. The van der Waals surface area contributed by atoms with E-state index in [1.165, 1.54) is 34.9 Å². The van der Waals surface area contributed by atoms with Crippen LogP contribution in [0.5, 0.6) is 0 Å². The number of methoxy groups -OCH3 is 1. The number of para-hydroxylation sites is 1. The molecule has 0 aliphatic heterocycles. The molecule has 0 saturated heterocycles. The maximum absolute atomic E-state index is 5.50. The van der Waals surface area contributed by atoms with Crippen LogP contribution in [-0.4, -0.2) is 36.2 Å². The Hall–Kier alpha value is -2.23. The fourth-order valence-corrected chi connectivity index (χ4v) is 3.98. The summed E-state index contributed by atoms with van der Waals surface area (Å²) in [7, 11) is 4.05. The highest BCUT2D eigenvalue weighted by atomic mass is 16.5. The zero-order valence-corrected chi connectivity index (χ0v) is 15.6. The van der Waals surface area contributed by atoms with Gasteiger partial charge >= 0.3 is 0 Å². The average Bonchev–Trinajstić information content (AvgIpc) is 3.18. The van der Waals surface area contributed by atoms with Gasteiger partial charge in [0.2, 0.25) is 0 Å². The molecule has 0 amide bonds. The van der Waals surface area contributed by atoms with Crippen LogP contribution in [0.25, 0.3) is 22.0 Å². The number of fused-ring (bicyclic) bond motifs is 1. The van der Waals surface area contributed by atoms with E-state index in [0.717, 1.165) is 18.5 Å². The number of ether oxygens (including phenoxy) is 1. The van der Waals surface area contributed by atoms with Crippen molar-refractivity contribution < 1.29 is 4.74 Å². The van der Waals surface area contributed by atoms with E-state index in [2.05, 4.69) is 65.5 Å². The molecule has 3 nitrogen and oxygen atoms in total. The molecule has 26 heavy (non-hydrogen) atoms. The predicted molar refractivity (Wildman–Crippen MR) is 107 cm³/mol. The Labute approximate surface area is 155 Å². The van der Waals surface area contributed by atoms with Crippen LogP contribution in [0.1, 0.15) is 24.8 Å². The van der Waals surface area contributed by atoms with Crippen LogP contribution < -0.4 is 0 Å². The molecule has 1 aromatic heterocycles. The predicted octanol–water partition coefficient (Wildman–Crippen LogP) is 4.90. The number of rotatable bonds is 5. The van der Waals surface area contributed by atoms with Crippen molar-refractivity contribution in [3.8, 4) is 11.1 Å². The van der Waals surface area contributed by atoms with Gasteiger partial charge in [-0.1, -0.05) is 42.5 Å². The van der Waals surface area contributed by atoms with Gasteiger partial charge < -0.3 is 4.74 Å². The molecule has 0 N–H and O–H groups in total. The van der Waals surface area contributed by atoms with Crippen LogP contribution in [0.2, 0.25) is 0 Å². The molecular weight excluding hydrogens is 320 g/mol. The first kappa shape index (κ1) is 17.2. The summed E-state index contributed by atoms with van der Waals surface area (Å²) in [5.41, 5.74) is 4.78. The lowest BCUT2D eigenvalue weighted by atomic mass is 10.0. The largest absolute Gasteiger partial charge is 0.381 e. The lowest BCUT2D eigenvalue weighted by molar-refractivity contribution is 0.0991. The Morgan fingerprint density at radius 1 is 1.04 bits per heavy atom. The first-order valence-corrected chi connectivity index (χ1v) is 9.40. The minimum atomic E-state index is 0.435. The Morgan fingerprint density at radius 3 is 2.62 bits per heavy atom. The number of pyridine rings is 1. The van der Waals surface area contributed by atoms with Gasteiger partial charge in [-0.15, -0.1) is 0 Å². The molecule has 3 heteroatoms. The standard InChI is InChI=1S/C23H26N2O/c1-25(21-11-12-22(14-21)26-2)16-17-7-9-18(10-8-17)20-13-19-5-3-4-6-23(19)24-15-20/h3-10,13,15,21-22H,11-12,14,16H2,1-2H3. The molecule has 1 aliphatic carbocycles. The number of hydrogen-bond acceptors (Lipinski definition) is 3. The molecule has 1 saturated carbocycles. The highest BCUT2D eigenvalue weighted by Crippen LogP contribution is 2.27. The van der Waals surface area contributed by atoms with Crippen molar-refractivity contribution in [1.29, 1.82) is 0 Å². The van der Waals surface area contributed by atoms with Gasteiger partial charge in [-0.05, 0) is 49.6 Å². The lowest BCUT2D eigenvalue weighted by Gasteiger charge is -2.24. The topological polar surface area (TPSA) is 25.4 Å². The van der Waals surface area contributed by atoms with Crippen molar-refractivity contribution in [1.82, 2.24) is 9.88 Å². The Morgan fingerprint density at radius 2 is 1.85 bits per heavy atom. The van der Waals surface area contributed by atoms with Gasteiger partial charge in [0, 0.05) is 36.8 Å². The lowest BCUT2D eigenvalue weighted by Crippen LogP contribution is -2.29. The molecular formula is C23H26N2O. The summed E-state index contributed by atoms with van der Waals surface area (Å²) in [5.74, 6) is 0. The van der Waals surface area contributed by atoms with E-state index < -0.39 is 0 Å². The quantitative estimate of drug-likeness (QED) is 0.657. The van der Waals surface area contributed by atoms with Gasteiger partial charge in [-0.2, -0.15) is 0 Å². The average molecular weight is 346 g/mol. The van der Waals surface area contributed by atoms with E-state index in [-0.39, 0.29) is 0 Å². The third-order valence-corrected chi connectivity index (χ3v) is 5.62. The molecule has 2 unspecified atom stereocenters. The maximum Gasteiger partial charge on any atom is 0.0702 e. The van der Waals surface area contributed by atoms with Crippen molar-refractivity contribution in [3.05, 3.63) is 66.4 Å². The molecule has 1 heterocycles. The second-order valence-electron chi connectivity index (χ2n) is 7.35. The third-order valence-electron chi connectivity index (χ3n) is 5.62. The van der Waals surface area contributed by atoms with Gasteiger partial charge in [0.1, 0.15) is 0 Å². The van der Waals surface area contributed by atoms with Crippen molar-refractivity contribution in [2.75, 3.05) is 14.2 Å². The van der Waals surface area contributed by atoms with E-state index in [4.69, 9.17) is 4.74 Å². The summed E-state index contributed by atoms with van der Waals surface area (Å²) in [6, 6.07) is 20.0. The second kappa shape index (κ2) is 7.56. The molecule has 2 aromatic carbocycles. The van der Waals surface area contributed by atoms with Crippen LogP contribution in [0, 0.1) is 0 Å². The summed E-state index contributed by atoms with van der Waals surface area (Å²) in [4.78, 5) is 7.04. The summed E-state index contributed by atoms with van der Waals surface area (Å²) < 4.78 is 5.50. The SMILES string of the molecule is COC1CCC(N(C)Cc2ccc(-c3cnc4ccccc4c3)cc2)C1. The number of hydrogen-bond donors (Lipinski definition) is 0. The van der Waals surface area contributed by atoms with Crippen LogP contribution in [0.3, 0.4) is 0 Å². The van der Waals surface area contributed by atoms with Crippen molar-refractivity contribution in [2.24, 2.45) is 0 Å². The molecule has 1 fully saturated rings. The molecule has 0 bridgehead atoms. The normalized spacial score (nSPS) is 20.1. The van der Waals surface area contributed by atoms with Gasteiger partial charge in [-0.3, -0.25) is 9.88 Å². The molecule has 0 spiro atoms. The van der Waals surface area contributed by atoms with Gasteiger partial charge in [0.25, 0.3) is 0 Å². The summed E-state index contributed by atoms with van der Waals surface area (Å²) in [6.07, 6.45) is 5.96. The number of benzene rings is 2. The maximum atomic E-state index is 5.50. The Bertz CT molecular complexity index is 875. The second-order valence-corrected chi connectivity index (χ2v) is 7.35. The van der Waals surface area contributed by atoms with E-state index in [1.54, 1.807) is 0 Å². The summed E-state index contributed by atoms with van der Waals surface area (Å²) in [5, 5.41) is 1.18. The highest BCUT2D eigenvalue weighted by Gasteiger charge is 2.27. The Balaban J connectivity index is 1.46. The van der Waals surface area contributed by atoms with Gasteiger partial charge in [-0.25, -0.2) is 0 Å². The van der Waals surface area contributed by atoms with Crippen LogP contribution in [-0.2, 0) is 11.3 Å². The van der Waals surface area contributed by atoms with Crippen LogP contribution in [0.4, 0.5) is 0 Å². The van der Waals surface area contributed by atoms with Crippen molar-refractivity contribution in [2.45, 2.75) is 38.0 Å². The van der Waals surface area contributed by atoms with E-state index in [1.807, 2.05) is 19.4 Å². The molecule has 3 aromatic rings. The third kappa shape index (κ3) is 3.64. The minimum absolute atomic E-state index is 0.435. The van der Waals surface area contributed by atoms with Crippen LogP contribution in [0.15, 0.2) is 60.8 Å². The molecule has 4 rings (SSSR count). The van der Waals surface area contributed by atoms with E-state index in [9.17, 15) is 0 Å². The Kier molecular flexibility index (Phi) is 5.00.